The normalized spacial score (nSPS) is 25.3. The number of ether oxygens (including phenoxy) is 1. The molecule has 9 heteroatoms. The van der Waals surface area contributed by atoms with Crippen molar-refractivity contribution in [3.8, 4) is 0 Å². The van der Waals surface area contributed by atoms with Gasteiger partial charge in [0.15, 0.2) is 0 Å². The van der Waals surface area contributed by atoms with E-state index in [4.69, 9.17) is 9.26 Å². The summed E-state index contributed by atoms with van der Waals surface area (Å²) >= 11 is 0. The first-order chi connectivity index (χ1) is 10.2. The standard InChI is InChI=1S/C14H22N4O3.2ClH/c1-11-13(15-3-9-20-11)14(19)18-6-4-17(5-7-18)10-12-2-8-21-16-12;;/h2,8,11,13,15H,3-7,9-10H2,1H3;2*1H/t11-,13+;;/m1../s1. The number of carbonyl (C=O) groups excluding carboxylic acids is 1. The molecule has 2 aliphatic rings. The third-order valence-electron chi connectivity index (χ3n) is 4.14. The van der Waals surface area contributed by atoms with Crippen molar-refractivity contribution < 1.29 is 14.1 Å². The molecule has 7 nitrogen and oxygen atoms in total. The van der Waals surface area contributed by atoms with E-state index in [1.807, 2.05) is 17.9 Å². The first-order valence-corrected chi connectivity index (χ1v) is 7.49. The molecule has 0 aliphatic carbocycles. The lowest BCUT2D eigenvalue weighted by molar-refractivity contribution is -0.141. The molecular weight excluding hydrogens is 343 g/mol. The van der Waals surface area contributed by atoms with Crippen LogP contribution in [0.2, 0.25) is 0 Å². The fourth-order valence-electron chi connectivity index (χ4n) is 2.88. The highest BCUT2D eigenvalue weighted by molar-refractivity contribution is 5.85. The fraction of sp³-hybridized carbons (Fsp3) is 0.714. The highest BCUT2D eigenvalue weighted by Crippen LogP contribution is 2.12. The van der Waals surface area contributed by atoms with Crippen LogP contribution >= 0.6 is 24.8 Å². The fourth-order valence-corrected chi connectivity index (χ4v) is 2.88. The van der Waals surface area contributed by atoms with Crippen LogP contribution in [0.25, 0.3) is 0 Å². The number of amides is 1. The topological polar surface area (TPSA) is 70.8 Å². The van der Waals surface area contributed by atoms with Crippen LogP contribution in [0.3, 0.4) is 0 Å². The predicted octanol–water partition coefficient (Wildman–Crippen LogP) is 0.539. The van der Waals surface area contributed by atoms with Crippen LogP contribution in [0, 0.1) is 0 Å². The minimum absolute atomic E-state index is 0. The van der Waals surface area contributed by atoms with Crippen LogP contribution in [0.1, 0.15) is 12.6 Å². The number of aromatic nitrogens is 1. The molecular formula is C14H24Cl2N4O3. The lowest BCUT2D eigenvalue weighted by Crippen LogP contribution is -2.59. The quantitative estimate of drug-likeness (QED) is 0.841. The van der Waals surface area contributed by atoms with E-state index in [2.05, 4.69) is 15.4 Å². The van der Waals surface area contributed by atoms with Crippen LogP contribution in [-0.2, 0) is 16.1 Å². The van der Waals surface area contributed by atoms with Gasteiger partial charge < -0.3 is 19.5 Å². The minimum Gasteiger partial charge on any atom is -0.375 e. The molecule has 0 aromatic carbocycles. The summed E-state index contributed by atoms with van der Waals surface area (Å²) in [4.78, 5) is 16.7. The average molecular weight is 367 g/mol. The average Bonchev–Trinajstić information content (AvgIpc) is 3.01. The van der Waals surface area contributed by atoms with Gasteiger partial charge in [-0.1, -0.05) is 5.16 Å². The highest BCUT2D eigenvalue weighted by atomic mass is 35.5. The zero-order chi connectivity index (χ0) is 14.7. The van der Waals surface area contributed by atoms with Crippen molar-refractivity contribution in [2.24, 2.45) is 0 Å². The molecule has 1 N–H and O–H groups in total. The number of piperazine rings is 1. The monoisotopic (exact) mass is 366 g/mol. The molecule has 0 bridgehead atoms. The summed E-state index contributed by atoms with van der Waals surface area (Å²) in [5.74, 6) is 0.156. The molecule has 1 aromatic heterocycles. The van der Waals surface area contributed by atoms with Gasteiger partial charge in [0.2, 0.25) is 5.91 Å². The molecule has 0 spiro atoms. The van der Waals surface area contributed by atoms with Gasteiger partial charge in [0.25, 0.3) is 0 Å². The van der Waals surface area contributed by atoms with Gasteiger partial charge >= 0.3 is 0 Å². The number of nitrogens with one attached hydrogen (secondary N) is 1. The Morgan fingerprint density at radius 1 is 1.35 bits per heavy atom. The van der Waals surface area contributed by atoms with Crippen LogP contribution in [0.4, 0.5) is 0 Å². The Labute approximate surface area is 148 Å². The summed E-state index contributed by atoms with van der Waals surface area (Å²) in [5, 5.41) is 7.19. The van der Waals surface area contributed by atoms with Gasteiger partial charge in [-0.15, -0.1) is 24.8 Å². The lowest BCUT2D eigenvalue weighted by Gasteiger charge is -2.38. The summed E-state index contributed by atoms with van der Waals surface area (Å²) in [6.45, 7) is 7.38. The smallest absolute Gasteiger partial charge is 0.242 e. The van der Waals surface area contributed by atoms with Crippen molar-refractivity contribution >= 4 is 30.7 Å². The highest BCUT2D eigenvalue weighted by Gasteiger charge is 2.33. The molecule has 2 saturated heterocycles. The van der Waals surface area contributed by atoms with Gasteiger partial charge in [-0.05, 0) is 6.92 Å². The first-order valence-electron chi connectivity index (χ1n) is 7.49. The molecule has 23 heavy (non-hydrogen) atoms. The Morgan fingerprint density at radius 2 is 2.09 bits per heavy atom. The van der Waals surface area contributed by atoms with E-state index in [1.54, 1.807) is 6.26 Å². The van der Waals surface area contributed by atoms with E-state index in [0.717, 1.165) is 45.0 Å². The van der Waals surface area contributed by atoms with E-state index in [-0.39, 0.29) is 42.9 Å². The Balaban J connectivity index is 0.00000132. The van der Waals surface area contributed by atoms with Crippen molar-refractivity contribution in [1.29, 1.82) is 0 Å². The van der Waals surface area contributed by atoms with E-state index in [1.165, 1.54) is 0 Å². The second kappa shape index (κ2) is 9.44. The van der Waals surface area contributed by atoms with Crippen LogP contribution < -0.4 is 5.32 Å². The number of morpholine rings is 1. The van der Waals surface area contributed by atoms with Gasteiger partial charge in [0.05, 0.1) is 18.4 Å². The van der Waals surface area contributed by atoms with E-state index in [9.17, 15) is 4.79 Å². The second-order valence-corrected chi connectivity index (χ2v) is 5.60. The van der Waals surface area contributed by atoms with E-state index < -0.39 is 0 Å². The van der Waals surface area contributed by atoms with Crippen molar-refractivity contribution in [3.05, 3.63) is 18.0 Å². The first kappa shape index (κ1) is 20.2. The van der Waals surface area contributed by atoms with Crippen LogP contribution in [0.5, 0.6) is 0 Å². The third-order valence-corrected chi connectivity index (χ3v) is 4.14. The van der Waals surface area contributed by atoms with Gasteiger partial charge in [-0.25, -0.2) is 0 Å². The molecule has 132 valence electrons. The molecule has 0 saturated carbocycles. The van der Waals surface area contributed by atoms with Crippen LogP contribution in [0.15, 0.2) is 16.9 Å². The Kier molecular flexibility index (Phi) is 8.28. The largest absolute Gasteiger partial charge is 0.375 e. The number of hydrogen-bond donors (Lipinski definition) is 1. The number of halogens is 2. The zero-order valence-electron chi connectivity index (χ0n) is 13.1. The maximum Gasteiger partial charge on any atom is 0.242 e. The molecule has 1 aromatic rings. The van der Waals surface area contributed by atoms with Crippen molar-refractivity contribution in [1.82, 2.24) is 20.3 Å². The molecule has 2 aliphatic heterocycles. The second-order valence-electron chi connectivity index (χ2n) is 5.60. The molecule has 3 heterocycles. The minimum atomic E-state index is -0.208. The van der Waals surface area contributed by atoms with Gasteiger partial charge in [-0.2, -0.15) is 0 Å². The third kappa shape index (κ3) is 5.06. The summed E-state index contributed by atoms with van der Waals surface area (Å²) < 4.78 is 10.4. The SMILES string of the molecule is C[C@H]1OCCN[C@@H]1C(=O)N1CCN(Cc2ccon2)CC1.Cl.Cl. The van der Waals surface area contributed by atoms with Crippen molar-refractivity contribution in [2.75, 3.05) is 39.3 Å². The summed E-state index contributed by atoms with van der Waals surface area (Å²) in [6, 6.07) is 1.67. The Morgan fingerprint density at radius 3 is 2.70 bits per heavy atom. The molecule has 0 unspecified atom stereocenters. The maximum atomic E-state index is 12.5. The van der Waals surface area contributed by atoms with E-state index in [0.29, 0.717) is 6.61 Å². The van der Waals surface area contributed by atoms with Crippen molar-refractivity contribution in [3.63, 3.8) is 0 Å². The Bertz CT molecular complexity index is 467. The van der Waals surface area contributed by atoms with Crippen LogP contribution in [-0.4, -0.2) is 72.3 Å². The predicted molar refractivity (Wildman–Crippen MR) is 90.1 cm³/mol. The zero-order valence-corrected chi connectivity index (χ0v) is 14.8. The number of rotatable bonds is 3. The number of hydrogen-bond acceptors (Lipinski definition) is 6. The summed E-state index contributed by atoms with van der Waals surface area (Å²) in [5.41, 5.74) is 0.936. The lowest BCUT2D eigenvalue weighted by atomic mass is 10.1. The van der Waals surface area contributed by atoms with Gasteiger partial charge in [0.1, 0.15) is 12.3 Å². The number of carbonyl (C=O) groups is 1. The summed E-state index contributed by atoms with van der Waals surface area (Å²) in [6.07, 6.45) is 1.53. The molecule has 2 atom stereocenters. The molecule has 2 fully saturated rings. The van der Waals surface area contributed by atoms with E-state index >= 15 is 0 Å². The summed E-state index contributed by atoms with van der Waals surface area (Å²) in [7, 11) is 0. The molecule has 0 radical (unpaired) electrons. The van der Waals surface area contributed by atoms with Crippen molar-refractivity contribution in [2.45, 2.75) is 25.6 Å². The maximum absolute atomic E-state index is 12.5. The molecule has 3 rings (SSSR count). The Hall–Kier alpha value is -0.860. The van der Waals surface area contributed by atoms with Gasteiger partial charge in [0, 0.05) is 45.3 Å². The number of nitrogens with zero attached hydrogens (tertiary/aromatic N) is 3. The van der Waals surface area contributed by atoms with Gasteiger partial charge in [-0.3, -0.25) is 9.69 Å². The molecule has 1 amide bonds.